The largest absolute Gasteiger partial charge is 0.394 e. The molecular formula is C19H40O4. The molecule has 0 spiro atoms. The molecule has 4 atom stereocenters. The quantitative estimate of drug-likeness (QED) is 0.485. The molecule has 0 aromatic carbocycles. The summed E-state index contributed by atoms with van der Waals surface area (Å²) in [5.74, 6) is 0.530. The molecule has 0 amide bonds. The fraction of sp³-hybridized carbons (Fsp3) is 1.00. The van der Waals surface area contributed by atoms with Gasteiger partial charge in [0.25, 0.3) is 0 Å². The van der Waals surface area contributed by atoms with Gasteiger partial charge >= 0.3 is 0 Å². The summed E-state index contributed by atoms with van der Waals surface area (Å²) >= 11 is 0. The third-order valence-electron chi connectivity index (χ3n) is 4.42. The van der Waals surface area contributed by atoms with E-state index in [0.717, 1.165) is 0 Å². The molecule has 4 heteroatoms. The highest BCUT2D eigenvalue weighted by atomic mass is 16.6. The second-order valence-electron chi connectivity index (χ2n) is 7.40. The average Bonchev–Trinajstić information content (AvgIpc) is 2.50. The zero-order valence-electron chi connectivity index (χ0n) is 16.4. The normalized spacial score (nSPS) is 17.7. The molecule has 0 aromatic heterocycles. The van der Waals surface area contributed by atoms with Crippen LogP contribution in [0.2, 0.25) is 0 Å². The van der Waals surface area contributed by atoms with Gasteiger partial charge < -0.3 is 19.3 Å². The van der Waals surface area contributed by atoms with Gasteiger partial charge in [0.2, 0.25) is 0 Å². The molecule has 23 heavy (non-hydrogen) atoms. The van der Waals surface area contributed by atoms with E-state index in [0.29, 0.717) is 19.1 Å². The maximum absolute atomic E-state index is 8.94. The Morgan fingerprint density at radius 2 is 1.43 bits per heavy atom. The molecule has 4 nitrogen and oxygen atoms in total. The smallest absolute Gasteiger partial charge is 0.0788 e. The SMILES string of the molecule is CCCCCC(C)C(C)(C)OC(C)COC(C)COC(C)CO. The second-order valence-corrected chi connectivity index (χ2v) is 7.40. The molecule has 0 aliphatic carbocycles. The Morgan fingerprint density at radius 3 is 2.00 bits per heavy atom. The van der Waals surface area contributed by atoms with Crippen LogP contribution in [0.1, 0.15) is 74.1 Å². The number of hydrogen-bond donors (Lipinski definition) is 1. The minimum absolute atomic E-state index is 0.000130. The first kappa shape index (κ1) is 22.8. The van der Waals surface area contributed by atoms with Gasteiger partial charge in [-0.15, -0.1) is 0 Å². The van der Waals surface area contributed by atoms with E-state index in [1.807, 2.05) is 13.8 Å². The van der Waals surface area contributed by atoms with Crippen LogP contribution in [0.25, 0.3) is 0 Å². The van der Waals surface area contributed by atoms with Gasteiger partial charge in [-0.1, -0.05) is 33.1 Å². The Morgan fingerprint density at radius 1 is 0.870 bits per heavy atom. The summed E-state index contributed by atoms with van der Waals surface area (Å²) < 4.78 is 17.5. The summed E-state index contributed by atoms with van der Waals surface area (Å²) in [4.78, 5) is 0. The molecule has 0 aliphatic rings. The predicted molar refractivity (Wildman–Crippen MR) is 95.8 cm³/mol. The summed E-state index contributed by atoms with van der Waals surface area (Å²) in [6, 6.07) is 0. The van der Waals surface area contributed by atoms with E-state index < -0.39 is 0 Å². The van der Waals surface area contributed by atoms with Crippen molar-refractivity contribution in [2.45, 2.75) is 98.1 Å². The number of aliphatic hydroxyl groups is 1. The monoisotopic (exact) mass is 332 g/mol. The number of aliphatic hydroxyl groups excluding tert-OH is 1. The van der Waals surface area contributed by atoms with E-state index in [9.17, 15) is 0 Å². The van der Waals surface area contributed by atoms with Crippen molar-refractivity contribution < 1.29 is 19.3 Å². The van der Waals surface area contributed by atoms with Crippen LogP contribution in [0.3, 0.4) is 0 Å². The fourth-order valence-electron chi connectivity index (χ4n) is 2.42. The number of ether oxygens (including phenoxy) is 3. The summed E-state index contributed by atoms with van der Waals surface area (Å²) in [5, 5.41) is 8.94. The molecule has 0 radical (unpaired) electrons. The third-order valence-corrected chi connectivity index (χ3v) is 4.42. The highest BCUT2D eigenvalue weighted by molar-refractivity contribution is 4.77. The topological polar surface area (TPSA) is 47.9 Å². The number of hydrogen-bond acceptors (Lipinski definition) is 4. The lowest BCUT2D eigenvalue weighted by molar-refractivity contribution is -0.134. The summed E-state index contributed by atoms with van der Waals surface area (Å²) in [6.07, 6.45) is 4.94. The molecule has 0 saturated carbocycles. The molecule has 0 aromatic rings. The van der Waals surface area contributed by atoms with Crippen molar-refractivity contribution in [2.24, 2.45) is 5.92 Å². The average molecular weight is 333 g/mol. The van der Waals surface area contributed by atoms with Gasteiger partial charge in [0.15, 0.2) is 0 Å². The zero-order valence-corrected chi connectivity index (χ0v) is 16.4. The minimum atomic E-state index is -0.141. The first-order chi connectivity index (χ1) is 10.7. The van der Waals surface area contributed by atoms with Crippen molar-refractivity contribution >= 4 is 0 Å². The standard InChI is InChI=1S/C19H40O4/c1-8-9-10-11-15(2)19(6,7)23-18(5)14-22-17(4)13-21-16(3)12-20/h15-18,20H,8-14H2,1-7H3. The molecular weight excluding hydrogens is 292 g/mol. The first-order valence-electron chi connectivity index (χ1n) is 9.24. The van der Waals surface area contributed by atoms with Gasteiger partial charge in [0, 0.05) is 0 Å². The van der Waals surface area contributed by atoms with Gasteiger partial charge in [-0.25, -0.2) is 0 Å². The Hall–Kier alpha value is -0.160. The highest BCUT2D eigenvalue weighted by Crippen LogP contribution is 2.27. The Labute approximate surface area is 143 Å². The lowest BCUT2D eigenvalue weighted by atomic mass is 9.87. The lowest BCUT2D eigenvalue weighted by Crippen LogP contribution is -2.38. The van der Waals surface area contributed by atoms with E-state index >= 15 is 0 Å². The predicted octanol–water partition coefficient (Wildman–Crippen LogP) is 4.19. The molecule has 0 bridgehead atoms. The van der Waals surface area contributed by atoms with Crippen molar-refractivity contribution in [3.8, 4) is 0 Å². The van der Waals surface area contributed by atoms with Crippen LogP contribution in [0.5, 0.6) is 0 Å². The molecule has 0 rings (SSSR count). The van der Waals surface area contributed by atoms with E-state index in [4.69, 9.17) is 19.3 Å². The van der Waals surface area contributed by atoms with Gasteiger partial charge in [-0.2, -0.15) is 0 Å². The molecule has 0 heterocycles. The Kier molecular flexibility index (Phi) is 12.2. The van der Waals surface area contributed by atoms with Gasteiger partial charge in [-0.3, -0.25) is 0 Å². The zero-order chi connectivity index (χ0) is 17.9. The minimum Gasteiger partial charge on any atom is -0.394 e. The van der Waals surface area contributed by atoms with Crippen LogP contribution < -0.4 is 0 Å². The Bertz CT molecular complexity index is 281. The van der Waals surface area contributed by atoms with Crippen molar-refractivity contribution in [3.05, 3.63) is 0 Å². The van der Waals surface area contributed by atoms with Crippen molar-refractivity contribution in [1.29, 1.82) is 0 Å². The molecule has 0 fully saturated rings. The van der Waals surface area contributed by atoms with Gasteiger partial charge in [0.1, 0.15) is 0 Å². The van der Waals surface area contributed by atoms with E-state index in [-0.39, 0.29) is 30.5 Å². The van der Waals surface area contributed by atoms with Gasteiger partial charge in [0.05, 0.1) is 43.7 Å². The van der Waals surface area contributed by atoms with Crippen LogP contribution in [-0.4, -0.2) is 48.8 Å². The van der Waals surface area contributed by atoms with Crippen LogP contribution >= 0.6 is 0 Å². The number of rotatable bonds is 14. The third kappa shape index (κ3) is 11.1. The summed E-state index contributed by atoms with van der Waals surface area (Å²) in [7, 11) is 0. The summed E-state index contributed by atoms with van der Waals surface area (Å²) in [5.41, 5.74) is -0.137. The maximum atomic E-state index is 8.94. The van der Waals surface area contributed by atoms with Crippen molar-refractivity contribution in [2.75, 3.05) is 19.8 Å². The Balaban J connectivity index is 4.03. The van der Waals surface area contributed by atoms with Crippen LogP contribution in [0, 0.1) is 5.92 Å². The highest BCUT2D eigenvalue weighted by Gasteiger charge is 2.28. The van der Waals surface area contributed by atoms with Crippen molar-refractivity contribution in [1.82, 2.24) is 0 Å². The molecule has 0 saturated heterocycles. The van der Waals surface area contributed by atoms with Crippen LogP contribution in [0.15, 0.2) is 0 Å². The van der Waals surface area contributed by atoms with E-state index in [1.54, 1.807) is 0 Å². The van der Waals surface area contributed by atoms with E-state index in [2.05, 4.69) is 34.6 Å². The van der Waals surface area contributed by atoms with Crippen LogP contribution in [-0.2, 0) is 14.2 Å². The van der Waals surface area contributed by atoms with Crippen molar-refractivity contribution in [3.63, 3.8) is 0 Å². The van der Waals surface area contributed by atoms with Crippen LogP contribution in [0.4, 0.5) is 0 Å². The molecule has 1 N–H and O–H groups in total. The van der Waals surface area contributed by atoms with E-state index in [1.165, 1.54) is 25.7 Å². The molecule has 4 unspecified atom stereocenters. The fourth-order valence-corrected chi connectivity index (χ4v) is 2.42. The van der Waals surface area contributed by atoms with Gasteiger partial charge in [-0.05, 0) is 47.0 Å². The first-order valence-corrected chi connectivity index (χ1v) is 9.24. The molecule has 0 aliphatic heterocycles. The number of unbranched alkanes of at least 4 members (excludes halogenated alkanes) is 2. The second kappa shape index (κ2) is 12.2. The maximum Gasteiger partial charge on any atom is 0.0788 e. The lowest BCUT2D eigenvalue weighted by Gasteiger charge is -2.35. The summed E-state index contributed by atoms with van der Waals surface area (Å²) in [6.45, 7) is 15.8. The molecule has 140 valence electrons.